The fourth-order valence-corrected chi connectivity index (χ4v) is 3.41. The van der Waals surface area contributed by atoms with Crippen molar-refractivity contribution >= 4 is 34.2 Å². The SMILES string of the molecule is O=C1Nc2ccccc2/C1=N\n1c(NCc2ccccc2)nc2ccccc2c1=O. The lowest BCUT2D eigenvalue weighted by Crippen LogP contribution is -2.25. The first-order chi connectivity index (χ1) is 14.7. The molecule has 4 aromatic rings. The molecule has 7 heteroatoms. The van der Waals surface area contributed by atoms with Crippen LogP contribution < -0.4 is 16.2 Å². The number of benzene rings is 3. The van der Waals surface area contributed by atoms with Gasteiger partial charge in [-0.25, -0.2) is 4.98 Å². The summed E-state index contributed by atoms with van der Waals surface area (Å²) in [6.07, 6.45) is 0. The van der Waals surface area contributed by atoms with E-state index in [0.29, 0.717) is 28.7 Å². The summed E-state index contributed by atoms with van der Waals surface area (Å²) in [6, 6.07) is 24.1. The summed E-state index contributed by atoms with van der Waals surface area (Å²) in [5, 5.41) is 10.8. The zero-order valence-corrected chi connectivity index (χ0v) is 15.9. The molecule has 1 aliphatic rings. The van der Waals surface area contributed by atoms with Gasteiger partial charge >= 0.3 is 0 Å². The molecule has 30 heavy (non-hydrogen) atoms. The summed E-state index contributed by atoms with van der Waals surface area (Å²) in [7, 11) is 0. The fourth-order valence-electron chi connectivity index (χ4n) is 3.41. The van der Waals surface area contributed by atoms with Crippen LogP contribution in [0.3, 0.4) is 0 Å². The highest BCUT2D eigenvalue weighted by Gasteiger charge is 2.26. The van der Waals surface area contributed by atoms with E-state index in [1.807, 2.05) is 48.5 Å². The highest BCUT2D eigenvalue weighted by Crippen LogP contribution is 2.23. The van der Waals surface area contributed by atoms with E-state index in [1.165, 1.54) is 4.68 Å². The monoisotopic (exact) mass is 395 g/mol. The van der Waals surface area contributed by atoms with Crippen LogP contribution in [0.2, 0.25) is 0 Å². The van der Waals surface area contributed by atoms with Crippen LogP contribution in [0.5, 0.6) is 0 Å². The van der Waals surface area contributed by atoms with Crippen molar-refractivity contribution in [2.75, 3.05) is 10.6 Å². The lowest BCUT2D eigenvalue weighted by Gasteiger charge is -2.12. The number of nitrogens with zero attached hydrogens (tertiary/aromatic N) is 3. The van der Waals surface area contributed by atoms with Crippen LogP contribution >= 0.6 is 0 Å². The van der Waals surface area contributed by atoms with Gasteiger partial charge in [0, 0.05) is 12.1 Å². The molecule has 0 fully saturated rings. The molecule has 2 N–H and O–H groups in total. The van der Waals surface area contributed by atoms with E-state index in [0.717, 1.165) is 5.56 Å². The molecule has 0 spiro atoms. The smallest absolute Gasteiger partial charge is 0.283 e. The number of anilines is 2. The van der Waals surface area contributed by atoms with E-state index in [2.05, 4.69) is 20.7 Å². The van der Waals surface area contributed by atoms with Gasteiger partial charge in [0.1, 0.15) is 0 Å². The van der Waals surface area contributed by atoms with Crippen LogP contribution in [-0.2, 0) is 11.3 Å². The Morgan fingerprint density at radius 1 is 0.900 bits per heavy atom. The number of hydrogen-bond donors (Lipinski definition) is 2. The summed E-state index contributed by atoms with van der Waals surface area (Å²) in [5.74, 6) is -0.0856. The summed E-state index contributed by atoms with van der Waals surface area (Å²) in [5.41, 5.74) is 2.74. The normalized spacial score (nSPS) is 14.0. The standard InChI is InChI=1S/C23H17N5O2/c29-21-20(16-10-4-6-12-18(16)25-21)27-28-22(30)17-11-5-7-13-19(17)26-23(28)24-14-15-8-2-1-3-9-15/h1-13H,14H2,(H,24,26)(H,25,27,29). The Hall–Kier alpha value is -4.26. The molecular formula is C23H17N5O2. The third-order valence-electron chi connectivity index (χ3n) is 4.89. The molecule has 0 saturated heterocycles. The predicted octanol–water partition coefficient (Wildman–Crippen LogP) is 3.21. The Morgan fingerprint density at radius 3 is 2.50 bits per heavy atom. The zero-order chi connectivity index (χ0) is 20.5. The largest absolute Gasteiger partial charge is 0.350 e. The molecule has 146 valence electrons. The summed E-state index contributed by atoms with van der Waals surface area (Å²) < 4.78 is 1.17. The Bertz CT molecular complexity index is 1360. The molecule has 0 saturated carbocycles. The van der Waals surface area contributed by atoms with E-state index >= 15 is 0 Å². The number of rotatable bonds is 4. The molecular weight excluding hydrogens is 378 g/mol. The Morgan fingerprint density at radius 2 is 1.63 bits per heavy atom. The Balaban J connectivity index is 1.65. The average molecular weight is 395 g/mol. The molecule has 0 aliphatic carbocycles. The van der Waals surface area contributed by atoms with Crippen LogP contribution in [0.1, 0.15) is 11.1 Å². The van der Waals surface area contributed by atoms with E-state index < -0.39 is 0 Å². The minimum atomic E-state index is -0.356. The van der Waals surface area contributed by atoms with Gasteiger partial charge in [-0.15, -0.1) is 0 Å². The molecule has 0 radical (unpaired) electrons. The summed E-state index contributed by atoms with van der Waals surface area (Å²) >= 11 is 0. The quantitative estimate of drug-likeness (QED) is 0.555. The molecule has 5 rings (SSSR count). The number of para-hydroxylation sites is 2. The highest BCUT2D eigenvalue weighted by atomic mass is 16.2. The molecule has 1 aromatic heterocycles. The lowest BCUT2D eigenvalue weighted by atomic mass is 10.1. The molecule has 0 bridgehead atoms. The van der Waals surface area contributed by atoms with Gasteiger partial charge in [0.25, 0.3) is 11.5 Å². The van der Waals surface area contributed by atoms with Crippen molar-refractivity contribution in [3.05, 3.63) is 100 Å². The second-order valence-electron chi connectivity index (χ2n) is 6.86. The maximum absolute atomic E-state index is 13.2. The van der Waals surface area contributed by atoms with E-state index in [9.17, 15) is 9.59 Å². The van der Waals surface area contributed by atoms with Crippen molar-refractivity contribution in [1.29, 1.82) is 0 Å². The van der Waals surface area contributed by atoms with E-state index in [4.69, 9.17) is 0 Å². The predicted molar refractivity (Wildman–Crippen MR) is 117 cm³/mol. The number of fused-ring (bicyclic) bond motifs is 2. The molecule has 1 aliphatic heterocycles. The number of nitrogens with one attached hydrogen (secondary N) is 2. The zero-order valence-electron chi connectivity index (χ0n) is 15.9. The molecule has 0 unspecified atom stereocenters. The van der Waals surface area contributed by atoms with Crippen LogP contribution in [0.25, 0.3) is 10.9 Å². The van der Waals surface area contributed by atoms with Crippen LogP contribution in [0, 0.1) is 0 Å². The highest BCUT2D eigenvalue weighted by molar-refractivity contribution is 6.53. The fraction of sp³-hybridized carbons (Fsp3) is 0.0435. The number of amides is 1. The van der Waals surface area contributed by atoms with Gasteiger partial charge < -0.3 is 10.6 Å². The molecule has 2 heterocycles. The Kier molecular flexibility index (Phi) is 4.33. The maximum atomic E-state index is 13.2. The maximum Gasteiger partial charge on any atom is 0.283 e. The van der Waals surface area contributed by atoms with Crippen molar-refractivity contribution in [1.82, 2.24) is 9.66 Å². The number of carbonyl (C=O) groups is 1. The van der Waals surface area contributed by atoms with E-state index in [1.54, 1.807) is 30.3 Å². The number of carbonyl (C=O) groups excluding carboxylic acids is 1. The van der Waals surface area contributed by atoms with Gasteiger partial charge in [-0.05, 0) is 23.8 Å². The van der Waals surface area contributed by atoms with Gasteiger partial charge in [-0.3, -0.25) is 9.59 Å². The third-order valence-corrected chi connectivity index (χ3v) is 4.89. The first kappa shape index (κ1) is 17.8. The third kappa shape index (κ3) is 3.12. The van der Waals surface area contributed by atoms with Gasteiger partial charge in [0.15, 0.2) is 5.71 Å². The summed E-state index contributed by atoms with van der Waals surface area (Å²) in [6.45, 7) is 0.458. The minimum absolute atomic E-state index is 0.174. The summed E-state index contributed by atoms with van der Waals surface area (Å²) in [4.78, 5) is 30.3. The number of hydrogen-bond acceptors (Lipinski definition) is 5. The average Bonchev–Trinajstić information content (AvgIpc) is 3.10. The number of aromatic nitrogens is 2. The van der Waals surface area contributed by atoms with Gasteiger partial charge in [0.05, 0.1) is 16.6 Å². The first-order valence-corrected chi connectivity index (χ1v) is 9.50. The molecule has 1 amide bonds. The second kappa shape index (κ2) is 7.29. The minimum Gasteiger partial charge on any atom is -0.350 e. The van der Waals surface area contributed by atoms with Crippen molar-refractivity contribution < 1.29 is 4.79 Å². The van der Waals surface area contributed by atoms with E-state index in [-0.39, 0.29) is 23.1 Å². The van der Waals surface area contributed by atoms with Crippen molar-refractivity contribution in [3.8, 4) is 0 Å². The molecule has 0 atom stereocenters. The first-order valence-electron chi connectivity index (χ1n) is 9.50. The van der Waals surface area contributed by atoms with Crippen LogP contribution in [0.15, 0.2) is 88.8 Å². The molecule has 3 aromatic carbocycles. The van der Waals surface area contributed by atoms with Crippen molar-refractivity contribution in [2.45, 2.75) is 6.54 Å². The lowest BCUT2D eigenvalue weighted by molar-refractivity contribution is -0.110. The van der Waals surface area contributed by atoms with Crippen LogP contribution in [0.4, 0.5) is 11.6 Å². The van der Waals surface area contributed by atoms with Gasteiger partial charge in [-0.1, -0.05) is 60.7 Å². The van der Waals surface area contributed by atoms with Crippen LogP contribution in [-0.4, -0.2) is 21.3 Å². The molecule has 7 nitrogen and oxygen atoms in total. The van der Waals surface area contributed by atoms with Crippen molar-refractivity contribution in [2.24, 2.45) is 5.10 Å². The van der Waals surface area contributed by atoms with Crippen molar-refractivity contribution in [3.63, 3.8) is 0 Å². The van der Waals surface area contributed by atoms with Gasteiger partial charge in [0.2, 0.25) is 5.95 Å². The Labute approximate surface area is 171 Å². The van der Waals surface area contributed by atoms with Gasteiger partial charge in [-0.2, -0.15) is 9.78 Å². The topological polar surface area (TPSA) is 88.4 Å². The second-order valence-corrected chi connectivity index (χ2v) is 6.86.